The third-order valence-corrected chi connectivity index (χ3v) is 4.73. The number of nitrogens with zero attached hydrogens (tertiary/aromatic N) is 3. The molecule has 0 saturated carbocycles. The van der Waals surface area contributed by atoms with E-state index in [1.165, 1.54) is 21.8 Å². The van der Waals surface area contributed by atoms with Crippen LogP contribution in [0.5, 0.6) is 0 Å². The first-order valence-electron chi connectivity index (χ1n) is 8.86. The fraction of sp³-hybridized carbons (Fsp3) is 0.182. The van der Waals surface area contributed by atoms with Gasteiger partial charge in [0.05, 0.1) is 21.9 Å². The molecule has 0 atom stereocenters. The Balaban J connectivity index is 0.00000196. The number of aryl methyl sites for hydroxylation is 2. The lowest BCUT2D eigenvalue weighted by molar-refractivity contribution is -0.667. The lowest BCUT2D eigenvalue weighted by atomic mass is 10.1. The Bertz CT molecular complexity index is 1130. The van der Waals surface area contributed by atoms with Crippen molar-refractivity contribution in [2.75, 3.05) is 0 Å². The first-order valence-corrected chi connectivity index (χ1v) is 8.86. The average Bonchev–Trinajstić information content (AvgIpc) is 2.68. The van der Waals surface area contributed by atoms with Gasteiger partial charge in [-0.15, -0.1) is 0 Å². The summed E-state index contributed by atoms with van der Waals surface area (Å²) in [6.07, 6.45) is 4.25. The van der Waals surface area contributed by atoms with Crippen LogP contribution >= 0.6 is 0 Å². The zero-order valence-corrected chi connectivity index (χ0v) is 15.8. The minimum Gasteiger partial charge on any atom is -1.00 e. The average molecular weight is 364 g/mol. The quantitative estimate of drug-likeness (QED) is 0.490. The Labute approximate surface area is 159 Å². The molecule has 0 bridgehead atoms. The van der Waals surface area contributed by atoms with Gasteiger partial charge in [0.2, 0.25) is 5.52 Å². The highest BCUT2D eigenvalue weighted by Gasteiger charge is 2.10. The second kappa shape index (κ2) is 7.71. The molecule has 0 N–H and O–H groups in total. The van der Waals surface area contributed by atoms with Gasteiger partial charge in [-0.05, 0) is 32.0 Å². The number of halogens is 1. The van der Waals surface area contributed by atoms with Crippen molar-refractivity contribution in [1.82, 2.24) is 4.57 Å². The van der Waals surface area contributed by atoms with Crippen molar-refractivity contribution in [3.05, 3.63) is 78.4 Å². The Morgan fingerprint density at radius 1 is 0.885 bits per heavy atom. The van der Waals surface area contributed by atoms with Crippen LogP contribution in [-0.2, 0) is 13.1 Å². The van der Waals surface area contributed by atoms with Crippen LogP contribution in [0.2, 0.25) is 0 Å². The number of hydrogen-bond acceptors (Lipinski definition) is 1. The van der Waals surface area contributed by atoms with Gasteiger partial charge in [-0.1, -0.05) is 30.3 Å². The second-order valence-corrected chi connectivity index (χ2v) is 6.12. The van der Waals surface area contributed by atoms with E-state index >= 15 is 0 Å². The first kappa shape index (κ1) is 18.2. The monoisotopic (exact) mass is 363 g/mol. The van der Waals surface area contributed by atoms with Gasteiger partial charge in [-0.25, -0.2) is 4.99 Å². The van der Waals surface area contributed by atoms with E-state index in [4.69, 9.17) is 4.99 Å². The number of rotatable bonds is 3. The van der Waals surface area contributed by atoms with E-state index < -0.39 is 0 Å². The van der Waals surface area contributed by atoms with Gasteiger partial charge in [0.15, 0.2) is 6.20 Å². The molecule has 0 aliphatic heterocycles. The Hall–Kier alpha value is -2.65. The molecule has 0 spiro atoms. The van der Waals surface area contributed by atoms with Crippen molar-refractivity contribution < 1.29 is 17.0 Å². The van der Waals surface area contributed by atoms with Gasteiger partial charge in [0, 0.05) is 30.3 Å². The molecule has 3 nitrogen and oxygen atoms in total. The van der Waals surface area contributed by atoms with Crippen molar-refractivity contribution in [2.24, 2.45) is 4.99 Å². The molecule has 0 saturated heterocycles. The van der Waals surface area contributed by atoms with Crippen LogP contribution in [0, 0.1) is 0 Å². The number of aromatic nitrogens is 2. The summed E-state index contributed by atoms with van der Waals surface area (Å²) < 4.78 is 4.50. The predicted octanol–water partition coefficient (Wildman–Crippen LogP) is 1.36. The summed E-state index contributed by atoms with van der Waals surface area (Å²) in [5.41, 5.74) is 3.45. The van der Waals surface area contributed by atoms with E-state index in [2.05, 4.69) is 96.0 Å². The van der Waals surface area contributed by atoms with Crippen LogP contribution in [0.25, 0.3) is 21.8 Å². The van der Waals surface area contributed by atoms with Gasteiger partial charge in [-0.3, -0.25) is 0 Å². The van der Waals surface area contributed by atoms with Crippen LogP contribution in [0.15, 0.2) is 78.0 Å². The van der Waals surface area contributed by atoms with Crippen LogP contribution < -0.4 is 22.3 Å². The molecule has 0 fully saturated rings. The standard InChI is InChI=1S/C22H22N3.ClH/c1-3-24-15-13-19(17-9-5-7-11-21(17)24)23-20-14-16-25(4-2)22-12-8-6-10-18(20)22;/h5-16H,3-4H2,1-2H3;1H/q+1;/p-1. The number of pyridine rings is 2. The SMILES string of the molecule is CCn1cc/c(=N\c2cc[n+](CC)c3ccccc23)c2ccccc21.[Cl-]. The zero-order valence-electron chi connectivity index (χ0n) is 15.1. The summed E-state index contributed by atoms with van der Waals surface area (Å²) in [5.74, 6) is 0. The molecular formula is C22H22ClN3. The number of hydrogen-bond donors (Lipinski definition) is 0. The van der Waals surface area contributed by atoms with Crippen LogP contribution in [0.1, 0.15) is 13.8 Å². The zero-order chi connectivity index (χ0) is 17.2. The summed E-state index contributed by atoms with van der Waals surface area (Å²) >= 11 is 0. The minimum atomic E-state index is 0. The third-order valence-electron chi connectivity index (χ3n) is 4.73. The van der Waals surface area contributed by atoms with Gasteiger partial charge in [0.25, 0.3) is 0 Å². The van der Waals surface area contributed by atoms with Crippen LogP contribution in [0.4, 0.5) is 5.69 Å². The second-order valence-electron chi connectivity index (χ2n) is 6.12. The normalized spacial score (nSPS) is 11.7. The molecule has 2 heterocycles. The molecule has 0 amide bonds. The molecule has 0 aliphatic carbocycles. The highest BCUT2D eigenvalue weighted by Crippen LogP contribution is 2.23. The van der Waals surface area contributed by atoms with E-state index in [0.717, 1.165) is 24.1 Å². The van der Waals surface area contributed by atoms with Crippen LogP contribution in [-0.4, -0.2) is 4.57 Å². The van der Waals surface area contributed by atoms with E-state index in [1.807, 2.05) is 0 Å². The lowest BCUT2D eigenvalue weighted by Crippen LogP contribution is -3.00. The fourth-order valence-corrected chi connectivity index (χ4v) is 3.42. The van der Waals surface area contributed by atoms with Gasteiger partial charge < -0.3 is 17.0 Å². The number of benzene rings is 2. The van der Waals surface area contributed by atoms with E-state index in [-0.39, 0.29) is 12.4 Å². The molecule has 0 unspecified atom stereocenters. The smallest absolute Gasteiger partial charge is 0.214 e. The topological polar surface area (TPSA) is 21.2 Å². The summed E-state index contributed by atoms with van der Waals surface area (Å²) in [5, 5.41) is 3.38. The van der Waals surface area contributed by atoms with E-state index in [1.54, 1.807) is 0 Å². The maximum absolute atomic E-state index is 5.02. The molecule has 0 radical (unpaired) electrons. The Morgan fingerprint density at radius 3 is 2.38 bits per heavy atom. The summed E-state index contributed by atoms with van der Waals surface area (Å²) in [7, 11) is 0. The molecule has 2 aromatic carbocycles. The molecule has 2 aromatic heterocycles. The summed E-state index contributed by atoms with van der Waals surface area (Å²) in [4.78, 5) is 5.02. The maximum Gasteiger partial charge on any atom is 0.214 e. The predicted molar refractivity (Wildman–Crippen MR) is 103 cm³/mol. The highest BCUT2D eigenvalue weighted by molar-refractivity contribution is 5.87. The summed E-state index contributed by atoms with van der Waals surface area (Å²) in [6, 6.07) is 21.2. The highest BCUT2D eigenvalue weighted by atomic mass is 35.5. The van der Waals surface area contributed by atoms with Crippen molar-refractivity contribution in [3.8, 4) is 0 Å². The molecule has 4 rings (SSSR count). The molecule has 4 aromatic rings. The van der Waals surface area contributed by atoms with Crippen molar-refractivity contribution in [1.29, 1.82) is 0 Å². The Kier molecular flexibility index (Phi) is 5.38. The largest absolute Gasteiger partial charge is 1.00 e. The fourth-order valence-electron chi connectivity index (χ4n) is 3.42. The van der Waals surface area contributed by atoms with E-state index in [0.29, 0.717) is 0 Å². The van der Waals surface area contributed by atoms with Gasteiger partial charge in [-0.2, -0.15) is 4.57 Å². The lowest BCUT2D eigenvalue weighted by Gasteiger charge is -2.09. The van der Waals surface area contributed by atoms with Gasteiger partial charge >= 0.3 is 0 Å². The maximum atomic E-state index is 5.02. The molecular weight excluding hydrogens is 342 g/mol. The molecule has 0 aliphatic rings. The Morgan fingerprint density at radius 2 is 1.62 bits per heavy atom. The number of para-hydroxylation sites is 2. The van der Waals surface area contributed by atoms with Crippen molar-refractivity contribution in [2.45, 2.75) is 26.9 Å². The van der Waals surface area contributed by atoms with Crippen molar-refractivity contribution >= 4 is 27.5 Å². The minimum absolute atomic E-state index is 0. The number of fused-ring (bicyclic) bond motifs is 2. The van der Waals surface area contributed by atoms with Crippen LogP contribution in [0.3, 0.4) is 0 Å². The van der Waals surface area contributed by atoms with Crippen molar-refractivity contribution in [3.63, 3.8) is 0 Å². The molecule has 4 heteroatoms. The molecule has 26 heavy (non-hydrogen) atoms. The third kappa shape index (κ3) is 3.11. The summed E-state index contributed by atoms with van der Waals surface area (Å²) in [6.45, 7) is 6.23. The molecule has 132 valence electrons. The first-order chi connectivity index (χ1) is 12.3. The van der Waals surface area contributed by atoms with Gasteiger partial charge in [0.1, 0.15) is 6.54 Å². The van der Waals surface area contributed by atoms with E-state index in [9.17, 15) is 0 Å².